The summed E-state index contributed by atoms with van der Waals surface area (Å²) in [7, 11) is 0. The summed E-state index contributed by atoms with van der Waals surface area (Å²) < 4.78 is 13.2. The molecule has 0 spiro atoms. The number of carbonyl (C=O) groups excluding carboxylic acids is 2. The molecule has 0 aromatic heterocycles. The minimum absolute atomic E-state index is 0.00286. The lowest BCUT2D eigenvalue weighted by Crippen LogP contribution is -2.31. The van der Waals surface area contributed by atoms with Gasteiger partial charge in [-0.1, -0.05) is 41.6 Å². The van der Waals surface area contributed by atoms with Gasteiger partial charge < -0.3 is 10.6 Å². The van der Waals surface area contributed by atoms with E-state index < -0.39 is 5.92 Å². The molecule has 5 nitrogen and oxygen atoms in total. The maximum absolute atomic E-state index is 13.2. The molecule has 2 amide bonds. The van der Waals surface area contributed by atoms with Gasteiger partial charge in [-0.3, -0.25) is 9.59 Å². The number of nitrogens with one attached hydrogen (secondary N) is 2. The molecule has 2 aromatic carbocycles. The quantitative estimate of drug-likeness (QED) is 0.733. The van der Waals surface area contributed by atoms with Gasteiger partial charge in [0.25, 0.3) is 0 Å². The number of nitrogens with zero attached hydrogens (tertiary/aromatic N) is 1. The van der Waals surface area contributed by atoms with E-state index in [1.54, 1.807) is 37.3 Å². The number of carbonyl (C=O) groups is 2. The number of hydrogen-bond acceptors (Lipinski definition) is 4. The first kappa shape index (κ1) is 20.9. The summed E-state index contributed by atoms with van der Waals surface area (Å²) in [5.74, 6) is -1.41. The molecule has 2 N–H and O–H groups in total. The molecule has 148 valence electrons. The van der Waals surface area contributed by atoms with E-state index in [4.69, 9.17) is 11.6 Å². The van der Waals surface area contributed by atoms with E-state index in [-0.39, 0.29) is 29.8 Å². The predicted octanol–water partition coefficient (Wildman–Crippen LogP) is 4.50. The number of nitriles is 1. The normalized spacial score (nSPS) is 16.2. The van der Waals surface area contributed by atoms with Gasteiger partial charge in [0.05, 0.1) is 22.4 Å². The summed E-state index contributed by atoms with van der Waals surface area (Å²) in [6, 6.07) is 13.1. The molecule has 1 aliphatic rings. The molecular formula is C21H17ClFN3O2S. The zero-order chi connectivity index (χ0) is 21.0. The van der Waals surface area contributed by atoms with Gasteiger partial charge in [-0.05, 0) is 42.3 Å². The van der Waals surface area contributed by atoms with Crippen LogP contribution >= 0.6 is 23.4 Å². The second-order valence-corrected chi connectivity index (χ2v) is 7.85. The van der Waals surface area contributed by atoms with Crippen LogP contribution < -0.4 is 10.6 Å². The molecule has 1 heterocycles. The van der Waals surface area contributed by atoms with Crippen molar-refractivity contribution in [2.75, 3.05) is 11.1 Å². The molecule has 0 fully saturated rings. The molecule has 0 bridgehead atoms. The van der Waals surface area contributed by atoms with Gasteiger partial charge in [-0.25, -0.2) is 4.39 Å². The van der Waals surface area contributed by atoms with Crippen molar-refractivity contribution in [3.8, 4) is 6.07 Å². The number of benzene rings is 2. The third-order valence-electron chi connectivity index (χ3n) is 4.52. The summed E-state index contributed by atoms with van der Waals surface area (Å²) in [5.41, 5.74) is 2.39. The summed E-state index contributed by atoms with van der Waals surface area (Å²) in [6.45, 7) is 1.80. The molecule has 1 atom stereocenters. The van der Waals surface area contributed by atoms with E-state index in [9.17, 15) is 19.2 Å². The van der Waals surface area contributed by atoms with Crippen LogP contribution in [-0.2, 0) is 9.59 Å². The molecule has 29 heavy (non-hydrogen) atoms. The topological polar surface area (TPSA) is 82.0 Å². The van der Waals surface area contributed by atoms with Crippen LogP contribution in [0.2, 0.25) is 5.02 Å². The molecule has 0 aliphatic carbocycles. The summed E-state index contributed by atoms with van der Waals surface area (Å²) >= 11 is 7.14. The van der Waals surface area contributed by atoms with Crippen LogP contribution in [0.3, 0.4) is 0 Å². The van der Waals surface area contributed by atoms with Crippen molar-refractivity contribution in [2.24, 2.45) is 0 Å². The Morgan fingerprint density at radius 3 is 2.76 bits per heavy atom. The minimum Gasteiger partial charge on any atom is -0.325 e. The van der Waals surface area contributed by atoms with Crippen molar-refractivity contribution >= 4 is 40.9 Å². The lowest BCUT2D eigenvalue weighted by atomic mass is 9.87. The van der Waals surface area contributed by atoms with Gasteiger partial charge in [-0.2, -0.15) is 5.26 Å². The number of rotatable bonds is 5. The Labute approximate surface area is 176 Å². The zero-order valence-electron chi connectivity index (χ0n) is 15.5. The molecule has 0 unspecified atom stereocenters. The number of thioether (sulfide) groups is 1. The number of anilines is 1. The highest BCUT2D eigenvalue weighted by molar-refractivity contribution is 8.03. The number of halogens is 2. The Kier molecular flexibility index (Phi) is 6.57. The van der Waals surface area contributed by atoms with Crippen LogP contribution in [0.5, 0.6) is 0 Å². The Balaban J connectivity index is 1.76. The first-order chi connectivity index (χ1) is 13.9. The maximum Gasteiger partial charge on any atom is 0.234 e. The van der Waals surface area contributed by atoms with Gasteiger partial charge in [-0.15, -0.1) is 0 Å². The van der Waals surface area contributed by atoms with E-state index in [0.717, 1.165) is 17.3 Å². The van der Waals surface area contributed by atoms with Gasteiger partial charge in [0.1, 0.15) is 5.82 Å². The highest BCUT2D eigenvalue weighted by Gasteiger charge is 2.29. The van der Waals surface area contributed by atoms with Crippen LogP contribution in [0.4, 0.5) is 10.1 Å². The van der Waals surface area contributed by atoms with Crippen molar-refractivity contribution in [3.05, 3.63) is 75.0 Å². The third kappa shape index (κ3) is 4.97. The summed E-state index contributed by atoms with van der Waals surface area (Å²) in [4.78, 5) is 24.5. The monoisotopic (exact) mass is 429 g/mol. The van der Waals surface area contributed by atoms with Gasteiger partial charge in [0.15, 0.2) is 0 Å². The van der Waals surface area contributed by atoms with Crippen molar-refractivity contribution in [3.63, 3.8) is 0 Å². The fraction of sp³-hybridized carbons (Fsp3) is 0.190. The lowest BCUT2D eigenvalue weighted by molar-refractivity contribution is -0.121. The van der Waals surface area contributed by atoms with Crippen molar-refractivity contribution < 1.29 is 14.0 Å². The van der Waals surface area contributed by atoms with Crippen LogP contribution in [0.25, 0.3) is 0 Å². The van der Waals surface area contributed by atoms with Gasteiger partial charge in [0.2, 0.25) is 11.8 Å². The molecule has 1 aliphatic heterocycles. The second-order valence-electron chi connectivity index (χ2n) is 6.46. The fourth-order valence-corrected chi connectivity index (χ4v) is 4.03. The van der Waals surface area contributed by atoms with Crippen molar-refractivity contribution in [1.82, 2.24) is 5.32 Å². The standard InChI is InChI=1S/C21H17ClFN3O2S/c1-12-17(22)3-2-4-18(12)25-20(28)11-29-21-16(10-24)15(9-19(27)26-21)13-5-7-14(23)8-6-13/h2-8,15H,9,11H2,1H3,(H,25,28)(H,26,27)/t15-/m1/s1. The highest BCUT2D eigenvalue weighted by atomic mass is 35.5. The molecule has 2 aromatic rings. The predicted molar refractivity (Wildman–Crippen MR) is 112 cm³/mol. The first-order valence-electron chi connectivity index (χ1n) is 8.76. The third-order valence-corrected chi connectivity index (χ3v) is 5.94. The van der Waals surface area contributed by atoms with Crippen LogP contribution in [0.1, 0.15) is 23.5 Å². The molecule has 0 saturated heterocycles. The SMILES string of the molecule is Cc1c(Cl)cccc1NC(=O)CSC1=C(C#N)[C@@H](c2ccc(F)cc2)CC(=O)N1. The van der Waals surface area contributed by atoms with Gasteiger partial charge in [0, 0.05) is 23.0 Å². The molecular weight excluding hydrogens is 413 g/mol. The Bertz CT molecular complexity index is 1030. The highest BCUT2D eigenvalue weighted by Crippen LogP contribution is 2.36. The Morgan fingerprint density at radius 1 is 1.34 bits per heavy atom. The smallest absolute Gasteiger partial charge is 0.234 e. The van der Waals surface area contributed by atoms with E-state index in [2.05, 4.69) is 16.7 Å². The van der Waals surface area contributed by atoms with E-state index in [0.29, 0.717) is 26.9 Å². The number of allylic oxidation sites excluding steroid dienone is 1. The van der Waals surface area contributed by atoms with Crippen LogP contribution in [0, 0.1) is 24.1 Å². The number of hydrogen-bond donors (Lipinski definition) is 2. The minimum atomic E-state index is -0.477. The maximum atomic E-state index is 13.2. The summed E-state index contributed by atoms with van der Waals surface area (Å²) in [6.07, 6.45) is 0.0898. The molecule has 3 rings (SSSR count). The van der Waals surface area contributed by atoms with Crippen molar-refractivity contribution in [1.29, 1.82) is 5.26 Å². The largest absolute Gasteiger partial charge is 0.325 e. The molecule has 8 heteroatoms. The van der Waals surface area contributed by atoms with E-state index in [1.807, 2.05) is 0 Å². The van der Waals surface area contributed by atoms with E-state index >= 15 is 0 Å². The average molecular weight is 430 g/mol. The van der Waals surface area contributed by atoms with E-state index in [1.165, 1.54) is 12.1 Å². The number of amides is 2. The van der Waals surface area contributed by atoms with Gasteiger partial charge >= 0.3 is 0 Å². The van der Waals surface area contributed by atoms with Crippen LogP contribution in [-0.4, -0.2) is 17.6 Å². The zero-order valence-corrected chi connectivity index (χ0v) is 17.0. The lowest BCUT2D eigenvalue weighted by Gasteiger charge is -2.25. The first-order valence-corrected chi connectivity index (χ1v) is 10.1. The average Bonchev–Trinajstić information content (AvgIpc) is 2.70. The van der Waals surface area contributed by atoms with Crippen molar-refractivity contribution in [2.45, 2.75) is 19.3 Å². The Hall–Kier alpha value is -2.82. The Morgan fingerprint density at radius 2 is 2.07 bits per heavy atom. The fourth-order valence-electron chi connectivity index (χ4n) is 2.98. The second kappa shape index (κ2) is 9.12. The summed E-state index contributed by atoms with van der Waals surface area (Å²) in [5, 5.41) is 16.0. The van der Waals surface area contributed by atoms with Crippen LogP contribution in [0.15, 0.2) is 53.1 Å². The molecule has 0 saturated carbocycles. The molecule has 0 radical (unpaired) electrons.